The molecule has 1 aromatic carbocycles. The molecule has 1 aliphatic heterocycles. The molecule has 0 amide bonds. The van der Waals surface area contributed by atoms with Gasteiger partial charge in [-0.15, -0.1) is 0 Å². The zero-order valence-corrected chi connectivity index (χ0v) is 15.9. The first-order valence-corrected chi connectivity index (χ1v) is 9.44. The summed E-state index contributed by atoms with van der Waals surface area (Å²) in [5.41, 5.74) is 2.89. The number of aromatic nitrogens is 1. The number of nitrogens with one attached hydrogen (secondary N) is 1. The van der Waals surface area contributed by atoms with E-state index in [1.54, 1.807) is 0 Å². The van der Waals surface area contributed by atoms with Gasteiger partial charge in [0.1, 0.15) is 5.75 Å². The minimum absolute atomic E-state index is 0.139. The third kappa shape index (κ3) is 4.24. The van der Waals surface area contributed by atoms with Gasteiger partial charge in [0.2, 0.25) is 0 Å². The Morgan fingerprint density at radius 2 is 2.00 bits per heavy atom. The Kier molecular flexibility index (Phi) is 5.48. The van der Waals surface area contributed by atoms with E-state index in [2.05, 4.69) is 30.7 Å². The van der Waals surface area contributed by atoms with E-state index in [0.29, 0.717) is 12.5 Å². The lowest BCUT2D eigenvalue weighted by molar-refractivity contribution is 0.184. The van der Waals surface area contributed by atoms with Crippen LogP contribution < -0.4 is 10.2 Å². The third-order valence-corrected chi connectivity index (χ3v) is 5.13. The number of fused-ring (bicyclic) bond motifs is 1. The fourth-order valence-corrected chi connectivity index (χ4v) is 3.42. The van der Waals surface area contributed by atoms with Gasteiger partial charge in [0.15, 0.2) is 5.43 Å². The fourth-order valence-electron chi connectivity index (χ4n) is 3.42. The Bertz CT molecular complexity index is 786. The highest BCUT2D eigenvalue weighted by molar-refractivity contribution is 5.81. The number of piperidine rings is 1. The SMILES string of the molecule is Cc1[nH]c2ccc(OCC(C)C)cc2c(=O)c1CN1CCC(C)CC1. The molecule has 0 bridgehead atoms. The molecule has 0 atom stereocenters. The van der Waals surface area contributed by atoms with Crippen molar-refractivity contribution in [1.82, 2.24) is 9.88 Å². The smallest absolute Gasteiger partial charge is 0.194 e. The molecule has 0 saturated carbocycles. The van der Waals surface area contributed by atoms with Gasteiger partial charge in [-0.1, -0.05) is 20.8 Å². The number of H-pyrrole nitrogens is 1. The average molecular weight is 342 g/mol. The van der Waals surface area contributed by atoms with Crippen LogP contribution in [-0.2, 0) is 6.54 Å². The summed E-state index contributed by atoms with van der Waals surface area (Å²) >= 11 is 0. The molecule has 0 aliphatic carbocycles. The first kappa shape index (κ1) is 18.0. The molecule has 1 aliphatic rings. The predicted octanol–water partition coefficient (Wildman–Crippen LogP) is 4.10. The van der Waals surface area contributed by atoms with Crippen molar-refractivity contribution in [3.63, 3.8) is 0 Å². The van der Waals surface area contributed by atoms with E-state index in [-0.39, 0.29) is 5.43 Å². The van der Waals surface area contributed by atoms with Crippen molar-refractivity contribution >= 4 is 10.9 Å². The molecule has 136 valence electrons. The van der Waals surface area contributed by atoms with Crippen LogP contribution in [-0.4, -0.2) is 29.6 Å². The molecular formula is C21H30N2O2. The predicted molar refractivity (Wildman–Crippen MR) is 103 cm³/mol. The molecule has 1 N–H and O–H groups in total. The van der Waals surface area contributed by atoms with Gasteiger partial charge < -0.3 is 9.72 Å². The summed E-state index contributed by atoms with van der Waals surface area (Å²) in [6.45, 7) is 12.1. The summed E-state index contributed by atoms with van der Waals surface area (Å²) in [6, 6.07) is 5.77. The number of hydrogen-bond acceptors (Lipinski definition) is 3. The summed E-state index contributed by atoms with van der Waals surface area (Å²) in [6.07, 6.45) is 2.44. The minimum Gasteiger partial charge on any atom is -0.493 e. The van der Waals surface area contributed by atoms with Crippen molar-refractivity contribution in [2.75, 3.05) is 19.7 Å². The molecule has 0 spiro atoms. The number of aromatic amines is 1. The summed E-state index contributed by atoms with van der Waals surface area (Å²) in [4.78, 5) is 18.9. The molecule has 2 aromatic rings. The molecule has 1 fully saturated rings. The second kappa shape index (κ2) is 7.61. The van der Waals surface area contributed by atoms with Crippen molar-refractivity contribution in [2.45, 2.75) is 47.1 Å². The van der Waals surface area contributed by atoms with Crippen LogP contribution >= 0.6 is 0 Å². The molecule has 1 aromatic heterocycles. The van der Waals surface area contributed by atoms with Gasteiger partial charge in [0.25, 0.3) is 0 Å². The van der Waals surface area contributed by atoms with Gasteiger partial charge in [-0.3, -0.25) is 9.69 Å². The van der Waals surface area contributed by atoms with E-state index >= 15 is 0 Å². The van der Waals surface area contributed by atoms with Crippen molar-refractivity contribution in [3.05, 3.63) is 39.7 Å². The first-order valence-electron chi connectivity index (χ1n) is 9.44. The second-order valence-electron chi connectivity index (χ2n) is 7.93. The van der Waals surface area contributed by atoms with E-state index in [0.717, 1.165) is 53.5 Å². The van der Waals surface area contributed by atoms with Gasteiger partial charge in [-0.05, 0) is 62.9 Å². The standard InChI is InChI=1S/C21H30N2O2/c1-14(2)13-25-17-5-6-20-18(11-17)21(24)19(16(4)22-20)12-23-9-7-15(3)8-10-23/h5-6,11,14-15H,7-10,12-13H2,1-4H3,(H,22,24). The van der Waals surface area contributed by atoms with E-state index < -0.39 is 0 Å². The number of hydrogen-bond donors (Lipinski definition) is 1. The Labute approximate surface area is 150 Å². The lowest BCUT2D eigenvalue weighted by Crippen LogP contribution is -2.34. The largest absolute Gasteiger partial charge is 0.493 e. The Balaban J connectivity index is 1.88. The van der Waals surface area contributed by atoms with Crippen LogP contribution in [0.25, 0.3) is 10.9 Å². The van der Waals surface area contributed by atoms with Crippen molar-refractivity contribution in [3.8, 4) is 5.75 Å². The molecule has 1 saturated heterocycles. The maximum atomic E-state index is 13.1. The van der Waals surface area contributed by atoms with E-state index in [1.807, 2.05) is 25.1 Å². The van der Waals surface area contributed by atoms with Crippen LogP contribution in [0.4, 0.5) is 0 Å². The van der Waals surface area contributed by atoms with Crippen LogP contribution in [0.1, 0.15) is 44.9 Å². The lowest BCUT2D eigenvalue weighted by Gasteiger charge is -2.30. The Hall–Kier alpha value is -1.81. The molecule has 0 radical (unpaired) electrons. The topological polar surface area (TPSA) is 45.3 Å². The highest BCUT2D eigenvalue weighted by Crippen LogP contribution is 2.21. The maximum absolute atomic E-state index is 13.1. The van der Waals surface area contributed by atoms with Gasteiger partial charge in [0, 0.05) is 28.7 Å². The number of pyridine rings is 1. The number of rotatable bonds is 5. The molecule has 3 rings (SSSR count). The van der Waals surface area contributed by atoms with Gasteiger partial charge in [-0.2, -0.15) is 0 Å². The Morgan fingerprint density at radius 1 is 1.28 bits per heavy atom. The second-order valence-corrected chi connectivity index (χ2v) is 7.93. The number of aryl methyl sites for hydroxylation is 1. The van der Waals surface area contributed by atoms with Crippen LogP contribution in [0.5, 0.6) is 5.75 Å². The molecular weight excluding hydrogens is 312 g/mol. The molecule has 4 nitrogen and oxygen atoms in total. The van der Waals surface area contributed by atoms with Gasteiger partial charge in [-0.25, -0.2) is 0 Å². The van der Waals surface area contributed by atoms with Crippen LogP contribution in [0.3, 0.4) is 0 Å². The highest BCUT2D eigenvalue weighted by Gasteiger charge is 2.19. The molecule has 4 heteroatoms. The zero-order chi connectivity index (χ0) is 18.0. The molecule has 0 unspecified atom stereocenters. The summed E-state index contributed by atoms with van der Waals surface area (Å²) in [5.74, 6) is 2.03. The van der Waals surface area contributed by atoms with Crippen LogP contribution in [0.2, 0.25) is 0 Å². The molecule has 25 heavy (non-hydrogen) atoms. The third-order valence-electron chi connectivity index (χ3n) is 5.13. The fraction of sp³-hybridized carbons (Fsp3) is 0.571. The van der Waals surface area contributed by atoms with Crippen LogP contribution in [0.15, 0.2) is 23.0 Å². The van der Waals surface area contributed by atoms with Gasteiger partial charge >= 0.3 is 0 Å². The van der Waals surface area contributed by atoms with Crippen molar-refractivity contribution < 1.29 is 4.74 Å². The summed E-state index contributed by atoms with van der Waals surface area (Å²) in [5, 5.41) is 0.729. The quantitative estimate of drug-likeness (QED) is 0.889. The number of benzene rings is 1. The number of nitrogens with zero attached hydrogens (tertiary/aromatic N) is 1. The maximum Gasteiger partial charge on any atom is 0.194 e. The van der Waals surface area contributed by atoms with Crippen molar-refractivity contribution in [2.24, 2.45) is 11.8 Å². The zero-order valence-electron chi connectivity index (χ0n) is 15.9. The number of likely N-dealkylation sites (tertiary alicyclic amines) is 1. The van der Waals surface area contributed by atoms with Gasteiger partial charge in [0.05, 0.1) is 6.61 Å². The summed E-state index contributed by atoms with van der Waals surface area (Å²) in [7, 11) is 0. The number of ether oxygens (including phenoxy) is 1. The first-order chi connectivity index (χ1) is 11.9. The van der Waals surface area contributed by atoms with Crippen molar-refractivity contribution in [1.29, 1.82) is 0 Å². The lowest BCUT2D eigenvalue weighted by atomic mass is 9.98. The normalized spacial score (nSPS) is 16.7. The minimum atomic E-state index is 0.139. The Morgan fingerprint density at radius 3 is 2.68 bits per heavy atom. The summed E-state index contributed by atoms with van der Waals surface area (Å²) < 4.78 is 5.80. The van der Waals surface area contributed by atoms with E-state index in [4.69, 9.17) is 4.74 Å². The monoisotopic (exact) mass is 342 g/mol. The molecule has 2 heterocycles. The van der Waals surface area contributed by atoms with E-state index in [1.165, 1.54) is 12.8 Å². The van der Waals surface area contributed by atoms with E-state index in [9.17, 15) is 4.79 Å². The van der Waals surface area contributed by atoms with Crippen LogP contribution in [0, 0.1) is 18.8 Å². The average Bonchev–Trinajstić information content (AvgIpc) is 2.58. The highest BCUT2D eigenvalue weighted by atomic mass is 16.5.